The lowest BCUT2D eigenvalue weighted by atomic mass is 9.96. The molecule has 0 radical (unpaired) electrons. The number of ether oxygens (including phenoxy) is 1. The van der Waals surface area contributed by atoms with Crippen molar-refractivity contribution in [3.05, 3.63) is 10.3 Å². The zero-order chi connectivity index (χ0) is 11.7. The normalized spacial score (nSPS) is 27.2. The first-order chi connectivity index (χ1) is 7.65. The molecule has 90 valence electrons. The van der Waals surface area contributed by atoms with E-state index in [1.165, 1.54) is 0 Å². The molecule has 1 aromatic rings. The second-order valence-electron chi connectivity index (χ2n) is 4.13. The van der Waals surface area contributed by atoms with Gasteiger partial charge in [-0.3, -0.25) is 5.84 Å². The van der Waals surface area contributed by atoms with E-state index in [9.17, 15) is 0 Å². The van der Waals surface area contributed by atoms with Crippen LogP contribution in [0.3, 0.4) is 0 Å². The summed E-state index contributed by atoms with van der Waals surface area (Å²) in [7, 11) is 1.84. The van der Waals surface area contributed by atoms with E-state index in [-0.39, 0.29) is 12.1 Å². The fourth-order valence-corrected chi connectivity index (χ4v) is 2.72. The number of aryl methyl sites for hydroxylation is 1. The quantitative estimate of drug-likeness (QED) is 0.626. The molecular weight excluding hydrogens is 274 g/mol. The van der Waals surface area contributed by atoms with Crippen molar-refractivity contribution < 1.29 is 4.74 Å². The Morgan fingerprint density at radius 3 is 2.88 bits per heavy atom. The average molecular weight is 290 g/mol. The highest BCUT2D eigenvalue weighted by atomic mass is 79.9. The van der Waals surface area contributed by atoms with Crippen LogP contribution in [-0.2, 0) is 11.8 Å². The summed E-state index contributed by atoms with van der Waals surface area (Å²) in [6.07, 6.45) is 1.13. The first-order valence-corrected chi connectivity index (χ1v) is 6.07. The molecule has 1 aliphatic rings. The van der Waals surface area contributed by atoms with Gasteiger partial charge in [0.05, 0.1) is 17.8 Å². The first-order valence-electron chi connectivity index (χ1n) is 5.28. The van der Waals surface area contributed by atoms with E-state index in [0.29, 0.717) is 10.5 Å². The molecule has 3 atom stereocenters. The summed E-state index contributed by atoms with van der Waals surface area (Å²) in [5.74, 6) is 6.10. The predicted octanol–water partition coefficient (Wildman–Crippen LogP) is 0.507. The Labute approximate surface area is 103 Å². The third-order valence-electron chi connectivity index (χ3n) is 3.07. The molecule has 1 aliphatic heterocycles. The van der Waals surface area contributed by atoms with Crippen molar-refractivity contribution in [1.82, 2.24) is 20.4 Å². The summed E-state index contributed by atoms with van der Waals surface area (Å²) < 4.78 is 8.14. The molecule has 0 aliphatic carbocycles. The van der Waals surface area contributed by atoms with Crippen molar-refractivity contribution in [2.24, 2.45) is 18.8 Å². The molecular formula is C9H16BrN5O. The largest absolute Gasteiger partial charge is 0.376 e. The van der Waals surface area contributed by atoms with Crippen LogP contribution in [-0.4, -0.2) is 27.7 Å². The molecule has 0 saturated carbocycles. The third-order valence-corrected chi connectivity index (χ3v) is 3.64. The van der Waals surface area contributed by atoms with E-state index < -0.39 is 0 Å². The van der Waals surface area contributed by atoms with Gasteiger partial charge >= 0.3 is 0 Å². The minimum absolute atomic E-state index is 0.0681. The lowest BCUT2D eigenvalue weighted by Crippen LogP contribution is -2.40. The molecule has 0 aromatic carbocycles. The predicted molar refractivity (Wildman–Crippen MR) is 62.3 cm³/mol. The molecule has 2 heterocycles. The number of halogens is 1. The Kier molecular flexibility index (Phi) is 3.58. The Bertz CT molecular complexity index is 349. The van der Waals surface area contributed by atoms with Crippen molar-refractivity contribution >= 4 is 15.9 Å². The van der Waals surface area contributed by atoms with Crippen LogP contribution < -0.4 is 11.3 Å². The van der Waals surface area contributed by atoms with Gasteiger partial charge in [0, 0.05) is 13.7 Å². The van der Waals surface area contributed by atoms with Gasteiger partial charge in [0.25, 0.3) is 0 Å². The van der Waals surface area contributed by atoms with Crippen LogP contribution in [0.25, 0.3) is 0 Å². The van der Waals surface area contributed by atoms with E-state index in [2.05, 4.69) is 38.6 Å². The molecule has 2 rings (SSSR count). The maximum Gasteiger partial charge on any atom is 0.153 e. The third kappa shape index (κ3) is 2.00. The van der Waals surface area contributed by atoms with Crippen LogP contribution in [0.2, 0.25) is 0 Å². The summed E-state index contributed by atoms with van der Waals surface area (Å²) in [5, 5.41) is 7.91. The van der Waals surface area contributed by atoms with E-state index in [0.717, 1.165) is 18.7 Å². The summed E-state index contributed by atoms with van der Waals surface area (Å²) in [6.45, 7) is 2.95. The highest BCUT2D eigenvalue weighted by Gasteiger charge is 2.35. The maximum absolute atomic E-state index is 5.72. The Morgan fingerprint density at radius 2 is 2.44 bits per heavy atom. The summed E-state index contributed by atoms with van der Waals surface area (Å²) in [4.78, 5) is 0. The molecule has 1 saturated heterocycles. The van der Waals surface area contributed by atoms with Crippen LogP contribution in [0.1, 0.15) is 25.1 Å². The second-order valence-corrected chi connectivity index (χ2v) is 4.89. The first kappa shape index (κ1) is 12.0. The van der Waals surface area contributed by atoms with Gasteiger partial charge in [-0.25, -0.2) is 10.1 Å². The van der Waals surface area contributed by atoms with Gasteiger partial charge in [-0.2, -0.15) is 0 Å². The fourth-order valence-electron chi connectivity index (χ4n) is 2.14. The Hall–Kier alpha value is -0.500. The summed E-state index contributed by atoms with van der Waals surface area (Å²) >= 11 is 3.38. The van der Waals surface area contributed by atoms with Gasteiger partial charge in [-0.05, 0) is 28.3 Å². The molecule has 1 aromatic heterocycles. The standard InChI is InChI=1S/C9H16BrN5O/c1-5-3-4-16-8(5)6(12-11)7-9(10)13-14-15(7)2/h5-6,8,12H,3-4,11H2,1-2H3. The van der Waals surface area contributed by atoms with E-state index in [4.69, 9.17) is 10.6 Å². The minimum atomic E-state index is -0.0909. The van der Waals surface area contributed by atoms with Gasteiger partial charge in [0.1, 0.15) is 0 Å². The highest BCUT2D eigenvalue weighted by molar-refractivity contribution is 9.10. The highest BCUT2D eigenvalue weighted by Crippen LogP contribution is 2.32. The monoisotopic (exact) mass is 289 g/mol. The lowest BCUT2D eigenvalue weighted by Gasteiger charge is -2.25. The number of nitrogens with zero attached hydrogens (tertiary/aromatic N) is 3. The molecule has 7 heteroatoms. The zero-order valence-electron chi connectivity index (χ0n) is 9.35. The van der Waals surface area contributed by atoms with Crippen molar-refractivity contribution in [2.45, 2.75) is 25.5 Å². The van der Waals surface area contributed by atoms with E-state index in [1.54, 1.807) is 4.68 Å². The van der Waals surface area contributed by atoms with Crippen molar-refractivity contribution in [2.75, 3.05) is 6.61 Å². The summed E-state index contributed by atoms with van der Waals surface area (Å²) in [6, 6.07) is -0.0909. The number of nitrogens with two attached hydrogens (primary N) is 1. The Balaban J connectivity index is 2.28. The lowest BCUT2D eigenvalue weighted by molar-refractivity contribution is 0.0580. The number of nitrogens with one attached hydrogen (secondary N) is 1. The van der Waals surface area contributed by atoms with Crippen LogP contribution in [0.4, 0.5) is 0 Å². The summed E-state index contributed by atoms with van der Waals surface area (Å²) in [5.41, 5.74) is 3.72. The van der Waals surface area contributed by atoms with Crippen LogP contribution in [0.15, 0.2) is 4.60 Å². The molecule has 0 spiro atoms. The van der Waals surface area contributed by atoms with E-state index >= 15 is 0 Å². The van der Waals surface area contributed by atoms with Gasteiger partial charge in [0.2, 0.25) is 0 Å². The molecule has 3 N–H and O–H groups in total. The van der Waals surface area contributed by atoms with Crippen molar-refractivity contribution in [1.29, 1.82) is 0 Å². The molecule has 0 bridgehead atoms. The maximum atomic E-state index is 5.72. The molecule has 3 unspecified atom stereocenters. The zero-order valence-corrected chi connectivity index (χ0v) is 10.9. The number of hydrogen-bond acceptors (Lipinski definition) is 5. The minimum Gasteiger partial charge on any atom is -0.376 e. The molecule has 0 amide bonds. The van der Waals surface area contributed by atoms with Gasteiger partial charge < -0.3 is 4.74 Å². The number of aromatic nitrogens is 3. The average Bonchev–Trinajstić information content (AvgIpc) is 2.80. The molecule has 1 fully saturated rings. The van der Waals surface area contributed by atoms with Gasteiger partial charge in [-0.15, -0.1) is 5.10 Å². The molecule has 16 heavy (non-hydrogen) atoms. The smallest absolute Gasteiger partial charge is 0.153 e. The van der Waals surface area contributed by atoms with Crippen LogP contribution >= 0.6 is 15.9 Å². The number of hydrogen-bond donors (Lipinski definition) is 2. The van der Waals surface area contributed by atoms with Crippen LogP contribution in [0, 0.1) is 5.92 Å². The fraction of sp³-hybridized carbons (Fsp3) is 0.778. The second kappa shape index (κ2) is 4.79. The number of rotatable bonds is 3. The topological polar surface area (TPSA) is 78.0 Å². The van der Waals surface area contributed by atoms with E-state index in [1.807, 2.05) is 7.05 Å². The van der Waals surface area contributed by atoms with Crippen molar-refractivity contribution in [3.63, 3.8) is 0 Å². The molecule has 6 nitrogen and oxygen atoms in total. The SMILES string of the molecule is CC1CCOC1C(NN)c1c(Br)nnn1C. The van der Waals surface area contributed by atoms with Gasteiger partial charge in [-0.1, -0.05) is 12.1 Å². The van der Waals surface area contributed by atoms with Gasteiger partial charge in [0.15, 0.2) is 4.60 Å². The van der Waals surface area contributed by atoms with Crippen molar-refractivity contribution in [3.8, 4) is 0 Å². The number of hydrazine groups is 1. The van der Waals surface area contributed by atoms with Crippen LogP contribution in [0.5, 0.6) is 0 Å². The Morgan fingerprint density at radius 1 is 1.69 bits per heavy atom.